The van der Waals surface area contributed by atoms with Crippen LogP contribution in [0.1, 0.15) is 40.5 Å². The molecule has 10 nitrogen and oxygen atoms in total. The van der Waals surface area contributed by atoms with Crippen LogP contribution >= 0.6 is 0 Å². The van der Waals surface area contributed by atoms with Gasteiger partial charge in [0.25, 0.3) is 5.91 Å². The maximum absolute atomic E-state index is 13.2. The molecule has 4 heterocycles. The molecule has 0 spiro atoms. The van der Waals surface area contributed by atoms with Gasteiger partial charge in [0.1, 0.15) is 11.9 Å². The Morgan fingerprint density at radius 1 is 1.26 bits per heavy atom. The van der Waals surface area contributed by atoms with Gasteiger partial charge in [-0.25, -0.2) is 14.8 Å². The van der Waals surface area contributed by atoms with Gasteiger partial charge < -0.3 is 20.1 Å². The number of hydrogen-bond acceptors (Lipinski definition) is 7. The zero-order valence-corrected chi connectivity index (χ0v) is 20.0. The molecule has 3 aromatic heterocycles. The molecular formula is C25H30N6O4. The number of carboxylic acids is 1. The van der Waals surface area contributed by atoms with Crippen LogP contribution in [-0.4, -0.2) is 67.9 Å². The highest BCUT2D eigenvalue weighted by atomic mass is 16.5. The summed E-state index contributed by atoms with van der Waals surface area (Å²) in [7, 11) is 1.51. The second-order valence-electron chi connectivity index (χ2n) is 8.44. The van der Waals surface area contributed by atoms with Crippen molar-refractivity contribution in [1.29, 1.82) is 0 Å². The van der Waals surface area contributed by atoms with Gasteiger partial charge in [-0.15, -0.1) is 0 Å². The van der Waals surface area contributed by atoms with Crippen molar-refractivity contribution in [3.8, 4) is 5.88 Å². The van der Waals surface area contributed by atoms with E-state index in [0.29, 0.717) is 30.0 Å². The zero-order chi connectivity index (χ0) is 24.8. The molecular weight excluding hydrogens is 448 g/mol. The fourth-order valence-electron chi connectivity index (χ4n) is 4.21. The quantitative estimate of drug-likeness (QED) is 0.456. The van der Waals surface area contributed by atoms with E-state index in [1.54, 1.807) is 36.1 Å². The number of pyridine rings is 2. The minimum Gasteiger partial charge on any atom is -0.481 e. The summed E-state index contributed by atoms with van der Waals surface area (Å²) in [5.41, 5.74) is 3.25. The number of nitrogens with zero attached hydrogens (tertiary/aromatic N) is 5. The number of methoxy groups -OCH3 is 1. The number of carboxylic acid groups (broad SMARTS) is 1. The third-order valence-corrected chi connectivity index (χ3v) is 6.13. The second kappa shape index (κ2) is 11.0. The Balaban J connectivity index is 1.42. The third-order valence-electron chi connectivity index (χ3n) is 6.13. The largest absolute Gasteiger partial charge is 0.481 e. The van der Waals surface area contributed by atoms with Crippen LogP contribution in [0.3, 0.4) is 0 Å². The molecule has 0 aromatic carbocycles. The van der Waals surface area contributed by atoms with Gasteiger partial charge in [-0.3, -0.25) is 9.48 Å². The maximum atomic E-state index is 13.2. The first-order valence-electron chi connectivity index (χ1n) is 11.8. The van der Waals surface area contributed by atoms with Crippen molar-refractivity contribution in [3.63, 3.8) is 0 Å². The highest BCUT2D eigenvalue weighted by Gasteiger charge is 2.30. The molecule has 35 heavy (non-hydrogen) atoms. The Kier molecular flexibility index (Phi) is 7.59. The van der Waals surface area contributed by atoms with Crippen LogP contribution in [0.4, 0.5) is 5.82 Å². The lowest BCUT2D eigenvalue weighted by Gasteiger charge is -2.27. The van der Waals surface area contributed by atoms with E-state index < -0.39 is 12.0 Å². The lowest BCUT2D eigenvalue weighted by Crippen LogP contribution is -2.46. The molecule has 0 saturated heterocycles. The molecule has 1 amide bonds. The second-order valence-corrected chi connectivity index (χ2v) is 8.44. The molecule has 0 aliphatic carbocycles. The topological polar surface area (TPSA) is 122 Å². The minimum absolute atomic E-state index is 0.137. The van der Waals surface area contributed by atoms with E-state index in [1.165, 1.54) is 23.8 Å². The highest BCUT2D eigenvalue weighted by Crippen LogP contribution is 2.20. The van der Waals surface area contributed by atoms with Crippen molar-refractivity contribution in [3.05, 3.63) is 65.2 Å². The van der Waals surface area contributed by atoms with E-state index in [9.17, 15) is 14.7 Å². The van der Waals surface area contributed by atoms with Crippen LogP contribution in [0.15, 0.2) is 42.9 Å². The van der Waals surface area contributed by atoms with Gasteiger partial charge in [0.15, 0.2) is 0 Å². The standard InChI is InChI=1S/C25H30N6O4/c1-3-31(21(25(33)34)13-17-6-9-22(35-2)27-14-17)24(32)19-15-28-30(16-19)12-10-20-8-7-18-5-4-11-26-23(18)29-20/h6-9,14-16,21H,3-5,10-13H2,1-2H3,(H,26,29)(H,33,34). The number of fused-ring (bicyclic) bond motifs is 1. The summed E-state index contributed by atoms with van der Waals surface area (Å²) in [4.78, 5) is 35.5. The lowest BCUT2D eigenvalue weighted by molar-refractivity contribution is -0.142. The number of carbonyl (C=O) groups is 2. The summed E-state index contributed by atoms with van der Waals surface area (Å²) in [6, 6.07) is 6.54. The Morgan fingerprint density at radius 2 is 2.11 bits per heavy atom. The van der Waals surface area contributed by atoms with Crippen LogP contribution < -0.4 is 10.1 Å². The molecule has 0 saturated carbocycles. The Hall–Kier alpha value is -3.95. The number of aromatic nitrogens is 4. The summed E-state index contributed by atoms with van der Waals surface area (Å²) in [6.07, 6.45) is 7.68. The average Bonchev–Trinajstić information content (AvgIpc) is 3.36. The maximum Gasteiger partial charge on any atom is 0.326 e. The van der Waals surface area contributed by atoms with Crippen molar-refractivity contribution in [2.24, 2.45) is 0 Å². The van der Waals surface area contributed by atoms with E-state index in [1.807, 2.05) is 6.07 Å². The summed E-state index contributed by atoms with van der Waals surface area (Å²) in [5, 5.41) is 17.5. The van der Waals surface area contributed by atoms with E-state index in [-0.39, 0.29) is 18.9 Å². The number of amides is 1. The van der Waals surface area contributed by atoms with Gasteiger partial charge in [0, 0.05) is 56.6 Å². The molecule has 184 valence electrons. The molecule has 2 N–H and O–H groups in total. The highest BCUT2D eigenvalue weighted by molar-refractivity contribution is 5.96. The molecule has 0 radical (unpaired) electrons. The molecule has 1 atom stereocenters. The number of aliphatic carboxylic acids is 1. The molecule has 3 aromatic rings. The molecule has 10 heteroatoms. The number of carbonyl (C=O) groups excluding carboxylic acids is 1. The molecule has 0 fully saturated rings. The van der Waals surface area contributed by atoms with E-state index in [2.05, 4.69) is 21.5 Å². The summed E-state index contributed by atoms with van der Waals surface area (Å²) in [5.74, 6) is -0.0482. The SMILES string of the molecule is CCN(C(=O)c1cnn(CCc2ccc3c(n2)NCCC3)c1)C(Cc1ccc(OC)nc1)C(=O)O. The van der Waals surface area contributed by atoms with Crippen LogP contribution in [0.2, 0.25) is 0 Å². The summed E-state index contributed by atoms with van der Waals surface area (Å²) < 4.78 is 6.75. The van der Waals surface area contributed by atoms with Gasteiger partial charge in [0.05, 0.1) is 18.9 Å². The Morgan fingerprint density at radius 3 is 2.83 bits per heavy atom. The first-order valence-corrected chi connectivity index (χ1v) is 11.8. The molecule has 4 rings (SSSR count). The number of rotatable bonds is 10. The molecule has 0 bridgehead atoms. The number of anilines is 1. The van der Waals surface area contributed by atoms with Crippen LogP contribution in [0.25, 0.3) is 0 Å². The van der Waals surface area contributed by atoms with Gasteiger partial charge in [0.2, 0.25) is 5.88 Å². The van der Waals surface area contributed by atoms with Gasteiger partial charge in [-0.05, 0) is 37.0 Å². The van der Waals surface area contributed by atoms with Gasteiger partial charge >= 0.3 is 5.97 Å². The number of nitrogens with one attached hydrogen (secondary N) is 1. The average molecular weight is 479 g/mol. The summed E-state index contributed by atoms with van der Waals surface area (Å²) in [6.45, 7) is 3.51. The summed E-state index contributed by atoms with van der Waals surface area (Å²) >= 11 is 0. The minimum atomic E-state index is -1.07. The van der Waals surface area contributed by atoms with Crippen LogP contribution in [0.5, 0.6) is 5.88 Å². The van der Waals surface area contributed by atoms with Crippen molar-refractivity contribution in [2.45, 2.75) is 45.2 Å². The molecule has 1 aliphatic heterocycles. The van der Waals surface area contributed by atoms with Crippen molar-refractivity contribution >= 4 is 17.7 Å². The lowest BCUT2D eigenvalue weighted by atomic mass is 10.1. The van der Waals surface area contributed by atoms with Gasteiger partial charge in [-0.1, -0.05) is 12.1 Å². The third kappa shape index (κ3) is 5.76. The van der Waals surface area contributed by atoms with Crippen LogP contribution in [-0.2, 0) is 30.6 Å². The number of aryl methyl sites for hydroxylation is 3. The van der Waals surface area contributed by atoms with Gasteiger partial charge in [-0.2, -0.15) is 5.10 Å². The predicted octanol–water partition coefficient (Wildman–Crippen LogP) is 2.44. The molecule has 1 unspecified atom stereocenters. The number of hydrogen-bond donors (Lipinski definition) is 2. The number of ether oxygens (including phenoxy) is 1. The van der Waals surface area contributed by atoms with E-state index >= 15 is 0 Å². The zero-order valence-electron chi connectivity index (χ0n) is 20.0. The van der Waals surface area contributed by atoms with Crippen molar-refractivity contribution in [1.82, 2.24) is 24.6 Å². The monoisotopic (exact) mass is 478 g/mol. The first-order chi connectivity index (χ1) is 17.0. The fourth-order valence-corrected chi connectivity index (χ4v) is 4.21. The smallest absolute Gasteiger partial charge is 0.326 e. The van der Waals surface area contributed by atoms with Crippen molar-refractivity contribution < 1.29 is 19.4 Å². The van der Waals surface area contributed by atoms with Crippen molar-refractivity contribution in [2.75, 3.05) is 25.5 Å². The first kappa shape index (κ1) is 24.2. The molecule has 1 aliphatic rings. The van der Waals surface area contributed by atoms with E-state index in [0.717, 1.165) is 30.9 Å². The van der Waals surface area contributed by atoms with Crippen LogP contribution in [0, 0.1) is 0 Å². The predicted molar refractivity (Wildman–Crippen MR) is 130 cm³/mol. The Bertz CT molecular complexity index is 1180. The normalized spacial score (nSPS) is 13.4. The number of likely N-dealkylation sites (N-methyl/N-ethyl adjacent to an activating group) is 1. The Labute approximate surface area is 204 Å². The van der Waals surface area contributed by atoms with E-state index in [4.69, 9.17) is 9.72 Å². The fraction of sp³-hybridized carbons (Fsp3) is 0.400.